The Morgan fingerprint density at radius 1 is 0.673 bits per heavy atom. The number of ether oxygens (including phenoxy) is 7. The maximum atomic E-state index is 11.4. The number of phenolic OH excluding ortho intramolecular Hbond substituents is 4. The van der Waals surface area contributed by atoms with Crippen LogP contribution in [-0.4, -0.2) is 172 Å². The normalized spacial score (nSPS) is 39.2. The quantitative estimate of drug-likeness (QED) is 0.109. The Labute approximate surface area is 293 Å². The molecule has 13 N–H and O–H groups in total. The van der Waals surface area contributed by atoms with Crippen LogP contribution in [0.25, 0.3) is 6.08 Å². The smallest absolute Gasteiger partial charge is 0.229 e. The number of aliphatic hydroxyl groups is 9. The maximum Gasteiger partial charge on any atom is 0.229 e. The Kier molecular flexibility index (Phi) is 11.3. The number of hydrogen-bond acceptors (Lipinski definition) is 20. The number of phenols is 4. The van der Waals surface area contributed by atoms with Crippen LogP contribution >= 0.6 is 0 Å². The first-order valence-corrected chi connectivity index (χ1v) is 16.1. The SMILES string of the molecule is OCC1OC(OCC2OC(OC3=Cc4c(O)cc(O)cc4OC3c3ccc(O)c(O)c3)C(OC3OCC(O)C(O)C3O)C(O)C2O)C(O)C(O)C1O. The minimum absolute atomic E-state index is 0.00607. The third-order valence-corrected chi connectivity index (χ3v) is 9.11. The molecule has 0 radical (unpaired) electrons. The topological polar surface area (TPSA) is 328 Å². The van der Waals surface area contributed by atoms with E-state index in [1.165, 1.54) is 18.2 Å². The second kappa shape index (κ2) is 15.4. The minimum Gasteiger partial charge on any atom is -0.508 e. The maximum absolute atomic E-state index is 11.4. The molecule has 6 rings (SSSR count). The Hall–Kier alpha value is -3.58. The van der Waals surface area contributed by atoms with Gasteiger partial charge in [-0.25, -0.2) is 0 Å². The van der Waals surface area contributed by atoms with Crippen molar-refractivity contribution in [2.45, 2.75) is 92.1 Å². The lowest BCUT2D eigenvalue weighted by atomic mass is 9.97. The molecular weight excluding hydrogens is 704 g/mol. The van der Waals surface area contributed by atoms with Crippen molar-refractivity contribution in [3.63, 3.8) is 0 Å². The van der Waals surface area contributed by atoms with Gasteiger partial charge < -0.3 is 99.5 Å². The van der Waals surface area contributed by atoms with Gasteiger partial charge in [0.1, 0.15) is 84.0 Å². The van der Waals surface area contributed by atoms with Crippen LogP contribution in [0.15, 0.2) is 36.1 Å². The molecule has 0 spiro atoms. The molecule has 0 aromatic heterocycles. The fourth-order valence-electron chi connectivity index (χ4n) is 6.14. The van der Waals surface area contributed by atoms with E-state index in [2.05, 4.69) is 0 Å². The van der Waals surface area contributed by atoms with Gasteiger partial charge in [0.05, 0.1) is 25.4 Å². The lowest BCUT2D eigenvalue weighted by molar-refractivity contribution is -0.360. The zero-order valence-corrected chi connectivity index (χ0v) is 26.9. The van der Waals surface area contributed by atoms with Crippen molar-refractivity contribution in [3.05, 3.63) is 47.2 Å². The highest BCUT2D eigenvalue weighted by molar-refractivity contribution is 5.69. The number of rotatable bonds is 9. The van der Waals surface area contributed by atoms with Crippen LogP contribution in [0.2, 0.25) is 0 Å². The van der Waals surface area contributed by atoms with Crippen LogP contribution in [0.5, 0.6) is 28.7 Å². The average Bonchev–Trinajstić information content (AvgIpc) is 3.11. The van der Waals surface area contributed by atoms with Gasteiger partial charge in [-0.05, 0) is 18.2 Å². The van der Waals surface area contributed by atoms with E-state index in [1.54, 1.807) is 0 Å². The summed E-state index contributed by atoms with van der Waals surface area (Å²) in [6.07, 6.45) is -24.1. The molecule has 4 heterocycles. The third kappa shape index (κ3) is 7.44. The number of benzene rings is 2. The van der Waals surface area contributed by atoms with Gasteiger partial charge in [0, 0.05) is 17.7 Å². The molecule has 3 saturated heterocycles. The summed E-state index contributed by atoms with van der Waals surface area (Å²) in [6, 6.07) is 5.84. The van der Waals surface area contributed by atoms with Gasteiger partial charge in [-0.2, -0.15) is 0 Å². The minimum atomic E-state index is -1.96. The van der Waals surface area contributed by atoms with Crippen molar-refractivity contribution < 1.29 is 99.5 Å². The predicted octanol–water partition coefficient (Wildman–Crippen LogP) is -3.91. The fourth-order valence-corrected chi connectivity index (χ4v) is 6.14. The second-order valence-electron chi connectivity index (χ2n) is 12.7. The molecule has 20 heteroatoms. The van der Waals surface area contributed by atoms with Crippen LogP contribution in [0.4, 0.5) is 0 Å². The van der Waals surface area contributed by atoms with Crippen molar-refractivity contribution in [3.8, 4) is 28.7 Å². The van der Waals surface area contributed by atoms with Crippen LogP contribution in [0.3, 0.4) is 0 Å². The highest BCUT2D eigenvalue weighted by Gasteiger charge is 2.52. The zero-order valence-electron chi connectivity index (χ0n) is 26.9. The number of hydrogen-bond donors (Lipinski definition) is 13. The van der Waals surface area contributed by atoms with Gasteiger partial charge in [0.15, 0.2) is 36.3 Å². The number of aromatic hydroxyl groups is 4. The van der Waals surface area contributed by atoms with E-state index in [0.29, 0.717) is 0 Å². The first kappa shape index (κ1) is 38.2. The van der Waals surface area contributed by atoms with Gasteiger partial charge >= 0.3 is 0 Å². The molecule has 0 bridgehead atoms. The van der Waals surface area contributed by atoms with Gasteiger partial charge in [0.25, 0.3) is 0 Å². The van der Waals surface area contributed by atoms with E-state index in [9.17, 15) is 66.4 Å². The first-order chi connectivity index (χ1) is 24.7. The van der Waals surface area contributed by atoms with E-state index in [1.807, 2.05) is 0 Å². The van der Waals surface area contributed by atoms with E-state index in [0.717, 1.165) is 18.2 Å². The summed E-state index contributed by atoms with van der Waals surface area (Å²) in [4.78, 5) is 0. The molecule has 0 saturated carbocycles. The van der Waals surface area contributed by atoms with Crippen molar-refractivity contribution in [1.29, 1.82) is 0 Å². The summed E-state index contributed by atoms with van der Waals surface area (Å²) >= 11 is 0. The van der Waals surface area contributed by atoms with Gasteiger partial charge in [-0.1, -0.05) is 6.07 Å². The third-order valence-electron chi connectivity index (χ3n) is 9.11. The molecule has 15 atom stereocenters. The van der Waals surface area contributed by atoms with E-state index < -0.39 is 129 Å². The highest BCUT2D eigenvalue weighted by atomic mass is 16.8. The molecule has 2 aromatic rings. The monoisotopic (exact) mass is 744 g/mol. The van der Waals surface area contributed by atoms with Crippen LogP contribution in [-0.2, 0) is 28.4 Å². The van der Waals surface area contributed by atoms with Crippen LogP contribution in [0.1, 0.15) is 17.2 Å². The van der Waals surface area contributed by atoms with Crippen LogP contribution < -0.4 is 4.74 Å². The Morgan fingerprint density at radius 2 is 1.37 bits per heavy atom. The lowest BCUT2D eigenvalue weighted by Gasteiger charge is -2.46. The molecule has 15 unspecified atom stereocenters. The van der Waals surface area contributed by atoms with Gasteiger partial charge in [0.2, 0.25) is 6.29 Å². The van der Waals surface area contributed by atoms with Crippen molar-refractivity contribution in [1.82, 2.24) is 0 Å². The number of aliphatic hydroxyl groups excluding tert-OH is 9. The van der Waals surface area contributed by atoms with E-state index in [4.69, 9.17) is 33.2 Å². The standard InChI is InChI=1S/C32H40O20/c33-7-19-22(40)24(42)27(45)30(50-19)47-9-20-23(41)25(43)29(52-31-26(44)21(39)16(38)8-46-31)32(51-20)49-18-6-12-14(36)4-11(34)5-17(12)48-28(18)10-1-2-13(35)15(37)3-10/h1-6,16,19-45H,7-9H2. The molecule has 0 amide bonds. The molecule has 0 aliphatic carbocycles. The van der Waals surface area contributed by atoms with E-state index >= 15 is 0 Å². The van der Waals surface area contributed by atoms with Gasteiger partial charge in [-0.15, -0.1) is 0 Å². The zero-order chi connectivity index (χ0) is 37.6. The van der Waals surface area contributed by atoms with Crippen molar-refractivity contribution in [2.75, 3.05) is 19.8 Å². The molecule has 3 fully saturated rings. The lowest BCUT2D eigenvalue weighted by Crippen LogP contribution is -2.64. The van der Waals surface area contributed by atoms with Crippen LogP contribution in [0, 0.1) is 0 Å². The molecule has 20 nitrogen and oxygen atoms in total. The summed E-state index contributed by atoms with van der Waals surface area (Å²) in [5.74, 6) is -2.06. The predicted molar refractivity (Wildman–Crippen MR) is 165 cm³/mol. The Balaban J connectivity index is 1.32. The number of fused-ring (bicyclic) bond motifs is 1. The van der Waals surface area contributed by atoms with E-state index in [-0.39, 0.29) is 28.4 Å². The summed E-state index contributed by atoms with van der Waals surface area (Å²) in [5.41, 5.74) is 0.168. The highest BCUT2D eigenvalue weighted by Crippen LogP contribution is 2.45. The fraction of sp³-hybridized carbons (Fsp3) is 0.562. The second-order valence-corrected chi connectivity index (χ2v) is 12.7. The first-order valence-electron chi connectivity index (χ1n) is 16.1. The summed E-state index contributed by atoms with van der Waals surface area (Å²) in [6.45, 7) is -1.93. The van der Waals surface area contributed by atoms with Crippen molar-refractivity contribution in [2.24, 2.45) is 0 Å². The Bertz CT molecular complexity index is 1590. The molecule has 4 aliphatic rings. The summed E-state index contributed by atoms with van der Waals surface area (Å²) in [7, 11) is 0. The molecular formula is C32H40O20. The van der Waals surface area contributed by atoms with Gasteiger partial charge in [-0.3, -0.25) is 0 Å². The summed E-state index contributed by atoms with van der Waals surface area (Å²) in [5, 5.41) is 134. The molecule has 288 valence electrons. The molecule has 4 aliphatic heterocycles. The largest absolute Gasteiger partial charge is 0.508 e. The van der Waals surface area contributed by atoms with Crippen molar-refractivity contribution >= 4 is 6.08 Å². The molecule has 52 heavy (non-hydrogen) atoms. The average molecular weight is 745 g/mol. The molecule has 2 aromatic carbocycles. The Morgan fingerprint density at radius 3 is 2.08 bits per heavy atom. The summed E-state index contributed by atoms with van der Waals surface area (Å²) < 4.78 is 40.2.